The summed E-state index contributed by atoms with van der Waals surface area (Å²) < 4.78 is 22.4. The highest BCUT2D eigenvalue weighted by Crippen LogP contribution is 2.45. The molecule has 1 N–H and O–H groups in total. The zero-order valence-corrected chi connectivity index (χ0v) is 10.2. The molecular formula is C9H13NO6S. The predicted octanol–water partition coefficient (Wildman–Crippen LogP) is -0.980. The number of fused-ring (bicyclic) bond motifs is 1. The van der Waals surface area contributed by atoms with Crippen LogP contribution in [0.3, 0.4) is 0 Å². The lowest BCUT2D eigenvalue weighted by atomic mass is 9.98. The molecule has 2 aliphatic heterocycles. The van der Waals surface area contributed by atoms with Gasteiger partial charge in [0.2, 0.25) is 5.91 Å². The van der Waals surface area contributed by atoms with Crippen LogP contribution in [-0.4, -0.2) is 53.3 Å². The van der Waals surface area contributed by atoms with Crippen molar-refractivity contribution in [1.29, 1.82) is 0 Å². The van der Waals surface area contributed by atoms with Crippen molar-refractivity contribution in [3.8, 4) is 0 Å². The zero-order chi connectivity index (χ0) is 13.6. The van der Waals surface area contributed by atoms with Crippen molar-refractivity contribution in [2.45, 2.75) is 36.4 Å². The van der Waals surface area contributed by atoms with Crippen molar-refractivity contribution in [3.63, 3.8) is 0 Å². The van der Waals surface area contributed by atoms with E-state index in [-0.39, 0.29) is 6.42 Å². The van der Waals surface area contributed by atoms with Gasteiger partial charge in [-0.05, 0) is 13.8 Å². The molecule has 7 nitrogen and oxygen atoms in total. The molecule has 2 aliphatic rings. The van der Waals surface area contributed by atoms with Crippen LogP contribution in [0, 0.1) is 0 Å². The van der Waals surface area contributed by atoms with Gasteiger partial charge in [0.05, 0.1) is 11.2 Å². The predicted molar refractivity (Wildman–Crippen MR) is 56.8 cm³/mol. The fourth-order valence-corrected chi connectivity index (χ4v) is 4.36. The van der Waals surface area contributed by atoms with Crippen LogP contribution in [0.25, 0.3) is 0 Å². The summed E-state index contributed by atoms with van der Waals surface area (Å²) in [6.45, 7) is 4.71. The van der Waals surface area contributed by atoms with Crippen LogP contribution in [0.5, 0.6) is 0 Å². The van der Waals surface area contributed by atoms with Crippen LogP contribution in [0.2, 0.25) is 0 Å². The quantitative estimate of drug-likeness (QED) is 0.609. The molecule has 0 aromatic carbocycles. The molecule has 0 spiro atoms. The van der Waals surface area contributed by atoms with E-state index in [1.807, 2.05) is 6.79 Å². The van der Waals surface area contributed by atoms with Gasteiger partial charge in [-0.3, -0.25) is 4.79 Å². The molecule has 96 valence electrons. The molecule has 0 aromatic heterocycles. The average Bonchev–Trinajstić information content (AvgIpc) is 2.35. The average molecular weight is 263 g/mol. The van der Waals surface area contributed by atoms with Gasteiger partial charge >= 0.3 is 5.97 Å². The number of aliphatic carboxylic acids is 1. The first-order valence-electron chi connectivity index (χ1n) is 4.77. The molecule has 0 bridgehead atoms. The molecule has 0 aromatic rings. The highest BCUT2D eigenvalue weighted by atomic mass is 32.2. The summed E-state index contributed by atoms with van der Waals surface area (Å²) in [6.07, 6.45) is -0.0878. The molecule has 17 heavy (non-hydrogen) atoms. The second kappa shape index (κ2) is 3.80. The maximum Gasteiger partial charge on any atom is 0.328 e. The van der Waals surface area contributed by atoms with Gasteiger partial charge < -0.3 is 14.8 Å². The fourth-order valence-electron chi connectivity index (χ4n) is 2.23. The molecule has 0 saturated carbocycles. The Morgan fingerprint density at radius 1 is 1.47 bits per heavy atom. The number of carboxylic acids is 1. The molecule has 2 fully saturated rings. The summed E-state index contributed by atoms with van der Waals surface area (Å²) in [5, 5.41) is 8.03. The van der Waals surface area contributed by atoms with Gasteiger partial charge in [0, 0.05) is 0 Å². The number of carbonyl (C=O) groups excluding carboxylic acids is 2. The van der Waals surface area contributed by atoms with E-state index in [0.717, 1.165) is 4.90 Å². The van der Waals surface area contributed by atoms with Gasteiger partial charge in [-0.1, -0.05) is 0 Å². The second-order valence-corrected chi connectivity index (χ2v) is 7.04. The van der Waals surface area contributed by atoms with E-state index in [4.69, 9.17) is 9.90 Å². The number of hydrogen-bond acceptors (Lipinski definition) is 5. The molecule has 0 aliphatic carbocycles. The van der Waals surface area contributed by atoms with E-state index in [9.17, 15) is 18.0 Å². The van der Waals surface area contributed by atoms with Crippen molar-refractivity contribution >= 4 is 28.5 Å². The zero-order valence-electron chi connectivity index (χ0n) is 9.41. The fraction of sp³-hybridized carbons (Fsp3) is 0.667. The van der Waals surface area contributed by atoms with Crippen molar-refractivity contribution < 1.29 is 27.9 Å². The standard InChI is InChI=1S/C8H11NO5S.CH2O/c1-8(2)6(7(11)12)9-4(10)3-5(9)15(8,13)14;1-2/h5-6H,3H2,1-2H3,(H,11,12);1H2/t5-,6+;/m1./s1. The number of carbonyl (C=O) groups is 3. The van der Waals surface area contributed by atoms with Gasteiger partial charge in [-0.25, -0.2) is 13.2 Å². The van der Waals surface area contributed by atoms with Gasteiger partial charge in [-0.2, -0.15) is 0 Å². The van der Waals surface area contributed by atoms with Gasteiger partial charge in [0.15, 0.2) is 9.84 Å². The van der Waals surface area contributed by atoms with E-state index in [0.29, 0.717) is 0 Å². The number of β-lactam (4-membered cyclic amide) rings is 1. The first-order chi connectivity index (χ1) is 7.71. The van der Waals surface area contributed by atoms with Crippen molar-refractivity contribution in [2.24, 2.45) is 0 Å². The number of carboxylic acid groups (broad SMARTS) is 1. The number of rotatable bonds is 1. The number of nitrogens with zero attached hydrogens (tertiary/aromatic N) is 1. The lowest BCUT2D eigenvalue weighted by Gasteiger charge is -2.35. The van der Waals surface area contributed by atoms with E-state index < -0.39 is 37.9 Å². The molecule has 2 heterocycles. The third-order valence-corrected chi connectivity index (χ3v) is 6.01. The minimum absolute atomic E-state index is 0.0878. The summed E-state index contributed by atoms with van der Waals surface area (Å²) in [6, 6.07) is -1.26. The summed E-state index contributed by atoms with van der Waals surface area (Å²) in [5.41, 5.74) is 0. The first kappa shape index (κ1) is 13.6. The van der Waals surface area contributed by atoms with Gasteiger partial charge in [0.25, 0.3) is 0 Å². The van der Waals surface area contributed by atoms with E-state index in [1.165, 1.54) is 13.8 Å². The van der Waals surface area contributed by atoms with Crippen molar-refractivity contribution in [1.82, 2.24) is 4.90 Å². The molecule has 2 atom stereocenters. The topological polar surface area (TPSA) is 109 Å². The SMILES string of the molecule is C=O.CC1(C)[C@H](C(=O)O)N2C(=O)C[C@H]2S1(=O)=O. The Labute approximate surface area is 98.3 Å². The summed E-state index contributed by atoms with van der Waals surface area (Å²) in [7, 11) is -3.57. The highest BCUT2D eigenvalue weighted by molar-refractivity contribution is 7.93. The largest absolute Gasteiger partial charge is 0.480 e. The molecule has 0 radical (unpaired) electrons. The number of amides is 1. The Morgan fingerprint density at radius 2 is 1.94 bits per heavy atom. The Balaban J connectivity index is 0.000000686. The van der Waals surface area contributed by atoms with E-state index in [2.05, 4.69) is 0 Å². The van der Waals surface area contributed by atoms with E-state index >= 15 is 0 Å². The Kier molecular flexibility index (Phi) is 3.04. The first-order valence-corrected chi connectivity index (χ1v) is 6.32. The van der Waals surface area contributed by atoms with Crippen molar-refractivity contribution in [2.75, 3.05) is 0 Å². The van der Waals surface area contributed by atoms with E-state index in [1.54, 1.807) is 0 Å². The lowest BCUT2D eigenvalue weighted by molar-refractivity contribution is -0.157. The summed E-state index contributed by atoms with van der Waals surface area (Å²) in [4.78, 5) is 31.2. The summed E-state index contributed by atoms with van der Waals surface area (Å²) in [5.74, 6) is -1.67. The maximum absolute atomic E-state index is 11.9. The van der Waals surface area contributed by atoms with Gasteiger partial charge in [0.1, 0.15) is 18.2 Å². The minimum atomic E-state index is -3.57. The molecule has 2 saturated heterocycles. The monoisotopic (exact) mass is 263 g/mol. The Hall–Kier alpha value is -1.44. The smallest absolute Gasteiger partial charge is 0.328 e. The Bertz CT molecular complexity index is 468. The molecular weight excluding hydrogens is 250 g/mol. The van der Waals surface area contributed by atoms with Gasteiger partial charge in [-0.15, -0.1) is 0 Å². The van der Waals surface area contributed by atoms with Crippen molar-refractivity contribution in [3.05, 3.63) is 0 Å². The van der Waals surface area contributed by atoms with Crippen LogP contribution in [0.1, 0.15) is 20.3 Å². The molecule has 1 amide bonds. The van der Waals surface area contributed by atoms with Crippen LogP contribution in [-0.2, 0) is 24.2 Å². The molecule has 8 heteroatoms. The summed E-state index contributed by atoms with van der Waals surface area (Å²) >= 11 is 0. The maximum atomic E-state index is 11.9. The molecule has 0 unspecified atom stereocenters. The van der Waals surface area contributed by atoms with Crippen LogP contribution in [0.4, 0.5) is 0 Å². The normalized spacial score (nSPS) is 31.9. The third-order valence-electron chi connectivity index (χ3n) is 3.21. The van der Waals surface area contributed by atoms with Crippen LogP contribution < -0.4 is 0 Å². The second-order valence-electron chi connectivity index (χ2n) is 4.35. The number of sulfone groups is 1. The van der Waals surface area contributed by atoms with Crippen LogP contribution in [0.15, 0.2) is 0 Å². The highest BCUT2D eigenvalue weighted by Gasteiger charge is 2.67. The third kappa shape index (κ3) is 1.47. The molecule has 2 rings (SSSR count). The minimum Gasteiger partial charge on any atom is -0.480 e. The van der Waals surface area contributed by atoms with Crippen LogP contribution >= 0.6 is 0 Å². The Morgan fingerprint density at radius 3 is 2.24 bits per heavy atom. The lowest BCUT2D eigenvalue weighted by Crippen LogP contribution is -2.57. The number of hydrogen-bond donors (Lipinski definition) is 1.